The van der Waals surface area contributed by atoms with Crippen LogP contribution in [0.15, 0.2) is 48.7 Å². The fraction of sp³-hybridized carbons (Fsp3) is 0.385. The molecule has 1 fully saturated rings. The number of aromatic nitrogens is 2. The molecule has 3 aliphatic rings. The van der Waals surface area contributed by atoms with Gasteiger partial charge in [0.25, 0.3) is 5.91 Å². The smallest absolute Gasteiger partial charge is 0.264 e. The van der Waals surface area contributed by atoms with Crippen LogP contribution in [0.1, 0.15) is 24.4 Å². The highest BCUT2D eigenvalue weighted by Gasteiger charge is 2.62. The average Bonchev–Trinajstić information content (AvgIpc) is 3.58. The SMILES string of the molecule is Cc1ncc(OC[C@@]2(C3C=CC=CC3)C[C@H]2C(=O)Nc2ccc3c(c2)N(C)C(=O)CO3)c(C)n1. The van der Waals surface area contributed by atoms with E-state index in [1.54, 1.807) is 36.3 Å². The van der Waals surface area contributed by atoms with Crippen LogP contribution in [0.25, 0.3) is 0 Å². The molecule has 176 valence electrons. The highest BCUT2D eigenvalue weighted by molar-refractivity contribution is 6.00. The second-order valence-corrected chi connectivity index (χ2v) is 9.21. The Labute approximate surface area is 198 Å². The Morgan fingerprint density at radius 1 is 1.32 bits per heavy atom. The summed E-state index contributed by atoms with van der Waals surface area (Å²) in [6, 6.07) is 5.37. The first-order chi connectivity index (χ1) is 16.4. The van der Waals surface area contributed by atoms with E-state index in [1.165, 1.54) is 0 Å². The molecule has 1 unspecified atom stereocenters. The van der Waals surface area contributed by atoms with Gasteiger partial charge in [-0.15, -0.1) is 0 Å². The zero-order valence-electron chi connectivity index (χ0n) is 19.6. The Balaban J connectivity index is 1.33. The number of carbonyl (C=O) groups is 2. The molecule has 0 bridgehead atoms. The van der Waals surface area contributed by atoms with Gasteiger partial charge in [-0.1, -0.05) is 24.3 Å². The van der Waals surface area contributed by atoms with Crippen molar-refractivity contribution in [3.05, 3.63) is 60.2 Å². The molecular formula is C26H28N4O4. The minimum Gasteiger partial charge on any atom is -0.489 e. The molecule has 5 rings (SSSR count). The summed E-state index contributed by atoms with van der Waals surface area (Å²) in [4.78, 5) is 35.5. The Morgan fingerprint density at radius 3 is 2.94 bits per heavy atom. The largest absolute Gasteiger partial charge is 0.489 e. The third-order valence-corrected chi connectivity index (χ3v) is 7.02. The van der Waals surface area contributed by atoms with E-state index in [1.807, 2.05) is 26.0 Å². The van der Waals surface area contributed by atoms with Crippen molar-refractivity contribution in [1.82, 2.24) is 9.97 Å². The number of hydrogen-bond acceptors (Lipinski definition) is 6. The number of fused-ring (bicyclic) bond motifs is 1. The van der Waals surface area contributed by atoms with Gasteiger partial charge in [-0.25, -0.2) is 9.97 Å². The maximum Gasteiger partial charge on any atom is 0.264 e. The summed E-state index contributed by atoms with van der Waals surface area (Å²) >= 11 is 0. The number of hydrogen-bond donors (Lipinski definition) is 1. The first kappa shape index (κ1) is 22.1. The van der Waals surface area contributed by atoms with E-state index in [4.69, 9.17) is 9.47 Å². The molecule has 2 heterocycles. The molecule has 1 aromatic heterocycles. The molecule has 2 aliphatic carbocycles. The fourth-order valence-electron chi connectivity index (χ4n) is 4.86. The predicted molar refractivity (Wildman–Crippen MR) is 128 cm³/mol. The van der Waals surface area contributed by atoms with Crippen molar-refractivity contribution in [3.8, 4) is 11.5 Å². The van der Waals surface area contributed by atoms with Crippen molar-refractivity contribution in [3.63, 3.8) is 0 Å². The average molecular weight is 461 g/mol. The van der Waals surface area contributed by atoms with E-state index in [2.05, 4.69) is 27.4 Å². The van der Waals surface area contributed by atoms with Crippen LogP contribution in [0.2, 0.25) is 0 Å². The molecule has 0 spiro atoms. The Kier molecular flexibility index (Phi) is 5.59. The third-order valence-electron chi connectivity index (χ3n) is 7.02. The van der Waals surface area contributed by atoms with Crippen LogP contribution in [0.5, 0.6) is 11.5 Å². The zero-order valence-corrected chi connectivity index (χ0v) is 19.6. The van der Waals surface area contributed by atoms with Crippen LogP contribution in [-0.4, -0.2) is 42.0 Å². The zero-order chi connectivity index (χ0) is 23.9. The van der Waals surface area contributed by atoms with Gasteiger partial charge in [0.05, 0.1) is 24.2 Å². The van der Waals surface area contributed by atoms with Crippen LogP contribution in [0.4, 0.5) is 11.4 Å². The van der Waals surface area contributed by atoms with Crippen molar-refractivity contribution in [2.45, 2.75) is 26.7 Å². The van der Waals surface area contributed by atoms with Crippen molar-refractivity contribution in [2.75, 3.05) is 30.5 Å². The summed E-state index contributed by atoms with van der Waals surface area (Å²) in [7, 11) is 1.71. The van der Waals surface area contributed by atoms with Crippen molar-refractivity contribution in [2.24, 2.45) is 17.3 Å². The van der Waals surface area contributed by atoms with Crippen molar-refractivity contribution >= 4 is 23.2 Å². The third kappa shape index (κ3) is 4.04. The fourth-order valence-corrected chi connectivity index (χ4v) is 4.86. The topological polar surface area (TPSA) is 93.7 Å². The van der Waals surface area contributed by atoms with Gasteiger partial charge >= 0.3 is 0 Å². The first-order valence-electron chi connectivity index (χ1n) is 11.5. The van der Waals surface area contributed by atoms with E-state index < -0.39 is 0 Å². The summed E-state index contributed by atoms with van der Waals surface area (Å²) < 4.78 is 11.7. The number of nitrogens with zero attached hydrogens (tertiary/aromatic N) is 3. The summed E-state index contributed by atoms with van der Waals surface area (Å²) in [6.45, 7) is 4.18. The van der Waals surface area contributed by atoms with Crippen LogP contribution < -0.4 is 19.7 Å². The van der Waals surface area contributed by atoms with E-state index in [0.29, 0.717) is 35.3 Å². The Bertz CT molecular complexity index is 1210. The monoisotopic (exact) mass is 460 g/mol. The molecule has 34 heavy (non-hydrogen) atoms. The van der Waals surface area contributed by atoms with Crippen LogP contribution in [-0.2, 0) is 9.59 Å². The molecular weight excluding hydrogens is 432 g/mol. The van der Waals surface area contributed by atoms with Gasteiger partial charge in [0, 0.05) is 24.1 Å². The van der Waals surface area contributed by atoms with Crippen LogP contribution in [0, 0.1) is 31.1 Å². The van der Waals surface area contributed by atoms with Gasteiger partial charge in [-0.3, -0.25) is 9.59 Å². The van der Waals surface area contributed by atoms with Gasteiger partial charge < -0.3 is 19.7 Å². The quantitative estimate of drug-likeness (QED) is 0.708. The number of amides is 2. The van der Waals surface area contributed by atoms with E-state index in [9.17, 15) is 9.59 Å². The standard InChI is InChI=1S/C26H28N4O4/c1-16-23(13-27-17(2)28-16)34-15-26(18-7-5-4-6-8-18)12-20(26)25(32)29-19-9-10-22-21(11-19)30(3)24(31)14-33-22/h4-7,9-11,13,18,20H,8,12,14-15H2,1-3H3,(H,29,32)/t18?,20-,26+/m0/s1. The molecule has 2 amide bonds. The number of anilines is 2. The van der Waals surface area contributed by atoms with Crippen LogP contribution in [0.3, 0.4) is 0 Å². The van der Waals surface area contributed by atoms with E-state index >= 15 is 0 Å². The first-order valence-corrected chi connectivity index (χ1v) is 11.5. The number of aryl methyl sites for hydroxylation is 2. The number of likely N-dealkylation sites (N-methyl/N-ethyl adjacent to an activating group) is 1. The van der Waals surface area contributed by atoms with Crippen LogP contribution >= 0.6 is 0 Å². The summed E-state index contributed by atoms with van der Waals surface area (Å²) in [5.41, 5.74) is 1.78. The number of benzene rings is 1. The number of ether oxygens (including phenoxy) is 2. The van der Waals surface area contributed by atoms with Gasteiger partial charge in [-0.05, 0) is 50.8 Å². The molecule has 1 aliphatic heterocycles. The maximum atomic E-state index is 13.3. The lowest BCUT2D eigenvalue weighted by Gasteiger charge is -2.27. The molecule has 0 saturated heterocycles. The van der Waals surface area contributed by atoms with E-state index in [-0.39, 0.29) is 35.7 Å². The molecule has 8 nitrogen and oxygen atoms in total. The summed E-state index contributed by atoms with van der Waals surface area (Å²) in [5.74, 6) is 1.83. The van der Waals surface area contributed by atoms with Gasteiger partial charge in [0.15, 0.2) is 12.4 Å². The summed E-state index contributed by atoms with van der Waals surface area (Å²) in [6.07, 6.45) is 11.7. The lowest BCUT2D eigenvalue weighted by atomic mass is 9.82. The normalized spacial score (nSPS) is 24.9. The Hall–Kier alpha value is -3.68. The summed E-state index contributed by atoms with van der Waals surface area (Å²) in [5, 5.41) is 3.05. The van der Waals surface area contributed by atoms with Crippen molar-refractivity contribution < 1.29 is 19.1 Å². The van der Waals surface area contributed by atoms with Gasteiger partial charge in [0.1, 0.15) is 11.6 Å². The molecule has 0 radical (unpaired) electrons. The molecule has 1 saturated carbocycles. The Morgan fingerprint density at radius 2 is 2.18 bits per heavy atom. The molecule has 1 aromatic carbocycles. The number of carbonyl (C=O) groups excluding carboxylic acids is 2. The molecule has 2 aromatic rings. The number of allylic oxidation sites excluding steroid dienone is 4. The van der Waals surface area contributed by atoms with E-state index in [0.717, 1.165) is 18.5 Å². The van der Waals surface area contributed by atoms with Gasteiger partial charge in [-0.2, -0.15) is 0 Å². The highest BCUT2D eigenvalue weighted by Crippen LogP contribution is 2.60. The highest BCUT2D eigenvalue weighted by atomic mass is 16.5. The lowest BCUT2D eigenvalue weighted by molar-refractivity contribution is -0.121. The molecule has 1 N–H and O–H groups in total. The second-order valence-electron chi connectivity index (χ2n) is 9.21. The predicted octanol–water partition coefficient (Wildman–Crippen LogP) is 3.60. The maximum absolute atomic E-state index is 13.3. The second kappa shape index (κ2) is 8.59. The number of nitrogens with one attached hydrogen (secondary N) is 1. The number of rotatable bonds is 6. The molecule has 8 heteroatoms. The minimum absolute atomic E-state index is 0.0225. The minimum atomic E-state index is -0.299. The molecule has 3 atom stereocenters. The lowest BCUT2D eigenvalue weighted by Crippen LogP contribution is -2.35. The van der Waals surface area contributed by atoms with Gasteiger partial charge in [0.2, 0.25) is 5.91 Å². The van der Waals surface area contributed by atoms with Crippen molar-refractivity contribution in [1.29, 1.82) is 0 Å².